The van der Waals surface area contributed by atoms with Crippen molar-refractivity contribution in [2.24, 2.45) is 0 Å². The monoisotopic (exact) mass is 1000 g/mol. The molecule has 3 unspecified atom stereocenters. The number of allylic oxidation sites excluding steroid dienone is 12. The summed E-state index contributed by atoms with van der Waals surface area (Å²) in [6, 6.07) is 0. The van der Waals surface area contributed by atoms with Crippen LogP contribution in [0.4, 0.5) is 0 Å². The number of carbonyl (C=O) groups is 3. The summed E-state index contributed by atoms with van der Waals surface area (Å²) in [5, 5.41) is 9.79. The van der Waals surface area contributed by atoms with Crippen molar-refractivity contribution in [2.75, 3.05) is 26.4 Å². The van der Waals surface area contributed by atoms with E-state index in [4.69, 9.17) is 23.3 Å². The number of hydrogen-bond donors (Lipinski definition) is 2. The number of esters is 3. The molecule has 0 radical (unpaired) electrons. The van der Waals surface area contributed by atoms with Crippen LogP contribution in [0.3, 0.4) is 0 Å². The molecule has 12 heteroatoms. The molecule has 3 atom stereocenters. The van der Waals surface area contributed by atoms with E-state index in [0.717, 1.165) is 109 Å². The molecule has 404 valence electrons. The Morgan fingerprint density at radius 1 is 0.414 bits per heavy atom. The fourth-order valence-electron chi connectivity index (χ4n) is 7.36. The molecule has 0 spiro atoms. The normalized spacial score (nSPS) is 14.0. The predicted molar refractivity (Wildman–Crippen MR) is 288 cm³/mol. The van der Waals surface area contributed by atoms with Crippen molar-refractivity contribution in [1.29, 1.82) is 0 Å². The van der Waals surface area contributed by atoms with E-state index in [0.29, 0.717) is 19.3 Å². The second-order valence-electron chi connectivity index (χ2n) is 18.4. The minimum atomic E-state index is -4.75. The fraction of sp³-hybridized carbons (Fsp3) is 0.741. The van der Waals surface area contributed by atoms with Gasteiger partial charge in [-0.1, -0.05) is 209 Å². The zero-order valence-corrected chi connectivity index (χ0v) is 45.4. The van der Waals surface area contributed by atoms with Crippen molar-refractivity contribution in [3.05, 3.63) is 72.9 Å². The summed E-state index contributed by atoms with van der Waals surface area (Å²) in [6.07, 6.45) is 57.2. The van der Waals surface area contributed by atoms with Gasteiger partial charge in [-0.05, 0) is 83.5 Å². The smallest absolute Gasteiger partial charge is 0.462 e. The number of ether oxygens (including phenoxy) is 3. The Morgan fingerprint density at radius 2 is 0.757 bits per heavy atom. The number of phosphoric ester groups is 1. The second-order valence-corrected chi connectivity index (χ2v) is 19.8. The molecular formula is C58H101O11P. The zero-order chi connectivity index (χ0) is 51.3. The molecule has 11 nitrogen and oxygen atoms in total. The Morgan fingerprint density at radius 3 is 1.21 bits per heavy atom. The van der Waals surface area contributed by atoms with Crippen LogP contribution in [0, 0.1) is 0 Å². The summed E-state index contributed by atoms with van der Waals surface area (Å²) < 4.78 is 39.4. The SMILES string of the molecule is CC/C=C\C/C=C\C/C=C\C/C=C\C/C=C\CCCCCC(=O)OC(COC(=O)CCCCCCC/C=C\CCCC)COP(=O)(O)OCC(CO)OC(=O)CCCCCCCCCCCCCCC. The van der Waals surface area contributed by atoms with Gasteiger partial charge < -0.3 is 24.2 Å². The molecule has 0 saturated carbocycles. The molecule has 0 fully saturated rings. The van der Waals surface area contributed by atoms with Crippen LogP contribution in [0.1, 0.15) is 239 Å². The van der Waals surface area contributed by atoms with Gasteiger partial charge in [0.05, 0.1) is 19.8 Å². The maximum absolute atomic E-state index is 12.9. The van der Waals surface area contributed by atoms with Gasteiger partial charge >= 0.3 is 25.7 Å². The maximum Gasteiger partial charge on any atom is 0.472 e. The van der Waals surface area contributed by atoms with Gasteiger partial charge in [0.2, 0.25) is 0 Å². The van der Waals surface area contributed by atoms with Crippen molar-refractivity contribution in [3.63, 3.8) is 0 Å². The Bertz CT molecular complexity index is 1450. The topological polar surface area (TPSA) is 155 Å². The molecule has 2 N–H and O–H groups in total. The molecule has 0 bridgehead atoms. The predicted octanol–water partition coefficient (Wildman–Crippen LogP) is 16.1. The number of aliphatic hydroxyl groups is 1. The van der Waals surface area contributed by atoms with Crippen LogP contribution < -0.4 is 0 Å². The third-order valence-corrected chi connectivity index (χ3v) is 12.6. The molecule has 0 aromatic rings. The highest BCUT2D eigenvalue weighted by molar-refractivity contribution is 7.47. The Hall–Kier alpha value is -3.08. The number of hydrogen-bond acceptors (Lipinski definition) is 10. The van der Waals surface area contributed by atoms with Crippen LogP contribution >= 0.6 is 7.82 Å². The molecule has 0 aromatic heterocycles. The number of carbonyl (C=O) groups excluding carboxylic acids is 3. The molecule has 0 saturated heterocycles. The molecule has 0 aromatic carbocycles. The zero-order valence-electron chi connectivity index (χ0n) is 44.5. The number of rotatable bonds is 51. The van der Waals surface area contributed by atoms with E-state index in [-0.39, 0.29) is 25.9 Å². The van der Waals surface area contributed by atoms with Crippen LogP contribution in [-0.2, 0) is 42.2 Å². The second kappa shape index (κ2) is 52.2. The lowest BCUT2D eigenvalue weighted by molar-refractivity contribution is -0.161. The van der Waals surface area contributed by atoms with Crippen molar-refractivity contribution in [1.82, 2.24) is 0 Å². The van der Waals surface area contributed by atoms with E-state index in [1.54, 1.807) is 0 Å². The molecule has 0 aliphatic carbocycles. The summed E-state index contributed by atoms with van der Waals surface area (Å²) in [7, 11) is -4.75. The van der Waals surface area contributed by atoms with E-state index in [1.165, 1.54) is 70.6 Å². The average molecular weight is 1010 g/mol. The Labute approximate surface area is 427 Å². The third kappa shape index (κ3) is 49.9. The lowest BCUT2D eigenvalue weighted by atomic mass is 10.0. The van der Waals surface area contributed by atoms with Crippen LogP contribution in [0.2, 0.25) is 0 Å². The van der Waals surface area contributed by atoms with E-state index in [1.807, 2.05) is 0 Å². The first-order chi connectivity index (χ1) is 34.2. The highest BCUT2D eigenvalue weighted by Gasteiger charge is 2.28. The van der Waals surface area contributed by atoms with E-state index in [9.17, 15) is 28.9 Å². The van der Waals surface area contributed by atoms with E-state index >= 15 is 0 Å². The average Bonchev–Trinajstić information content (AvgIpc) is 3.35. The van der Waals surface area contributed by atoms with Gasteiger partial charge in [-0.2, -0.15) is 0 Å². The molecule has 0 heterocycles. The number of aliphatic hydroxyl groups excluding tert-OH is 1. The van der Waals surface area contributed by atoms with Gasteiger partial charge in [0.25, 0.3) is 0 Å². The third-order valence-electron chi connectivity index (χ3n) is 11.6. The maximum atomic E-state index is 12.9. The quantitative estimate of drug-likeness (QED) is 0.0197. The van der Waals surface area contributed by atoms with E-state index < -0.39 is 57.8 Å². The molecule has 0 aliphatic rings. The molecule has 0 rings (SSSR count). The fourth-order valence-corrected chi connectivity index (χ4v) is 8.15. The summed E-state index contributed by atoms with van der Waals surface area (Å²) in [6.45, 7) is 4.44. The van der Waals surface area contributed by atoms with Gasteiger partial charge in [-0.3, -0.25) is 23.4 Å². The molecular weight excluding hydrogens is 904 g/mol. The van der Waals surface area contributed by atoms with Crippen LogP contribution in [0.25, 0.3) is 0 Å². The highest BCUT2D eigenvalue weighted by atomic mass is 31.2. The minimum absolute atomic E-state index is 0.126. The summed E-state index contributed by atoms with van der Waals surface area (Å²) in [5.41, 5.74) is 0. The molecule has 0 amide bonds. The van der Waals surface area contributed by atoms with Gasteiger partial charge in [0.1, 0.15) is 12.7 Å². The first-order valence-electron chi connectivity index (χ1n) is 27.8. The van der Waals surface area contributed by atoms with Crippen LogP contribution in [0.15, 0.2) is 72.9 Å². The summed E-state index contributed by atoms with van der Waals surface area (Å²) in [5.74, 6) is -1.51. The minimum Gasteiger partial charge on any atom is -0.462 e. The largest absolute Gasteiger partial charge is 0.472 e. The lowest BCUT2D eigenvalue weighted by Crippen LogP contribution is -2.30. The van der Waals surface area contributed by atoms with Crippen molar-refractivity contribution in [3.8, 4) is 0 Å². The van der Waals surface area contributed by atoms with Gasteiger partial charge in [-0.25, -0.2) is 4.57 Å². The highest BCUT2D eigenvalue weighted by Crippen LogP contribution is 2.43. The summed E-state index contributed by atoms with van der Waals surface area (Å²) in [4.78, 5) is 48.4. The van der Waals surface area contributed by atoms with Gasteiger partial charge in [-0.15, -0.1) is 0 Å². The van der Waals surface area contributed by atoms with Gasteiger partial charge in [0, 0.05) is 19.3 Å². The number of phosphoric acid groups is 1. The first kappa shape index (κ1) is 66.9. The van der Waals surface area contributed by atoms with Crippen LogP contribution in [-0.4, -0.2) is 66.5 Å². The standard InChI is InChI=1S/C58H101O11P/c1-4-7-10-13-16-19-22-24-25-26-27-28-29-31-34-37-40-43-46-49-58(62)69-55(51-65-56(60)47-44-41-38-35-32-21-18-15-12-9-6-3)53-67-70(63,64)66-52-54(50-59)68-57(61)48-45-42-39-36-33-30-23-20-17-14-11-8-5-2/h7,10,15-16,18-19,24-25,27-28,31,34,54-55,59H,4-6,8-9,11-14,17,20-23,26,29-30,32-33,35-53H2,1-3H3,(H,63,64)/b10-7-,18-15-,19-16-,25-24-,28-27-,34-31-. The first-order valence-corrected chi connectivity index (χ1v) is 29.3. The molecule has 70 heavy (non-hydrogen) atoms. The van der Waals surface area contributed by atoms with E-state index in [2.05, 4.69) is 93.7 Å². The van der Waals surface area contributed by atoms with Crippen molar-refractivity contribution < 1.29 is 52.2 Å². The Balaban J connectivity index is 4.77. The van der Waals surface area contributed by atoms with Gasteiger partial charge in [0.15, 0.2) is 6.10 Å². The number of unbranched alkanes of at least 4 members (excludes halogenated alkanes) is 22. The lowest BCUT2D eigenvalue weighted by Gasteiger charge is -2.21. The molecule has 0 aliphatic heterocycles. The summed E-state index contributed by atoms with van der Waals surface area (Å²) >= 11 is 0. The van der Waals surface area contributed by atoms with Crippen molar-refractivity contribution in [2.45, 2.75) is 251 Å². The Kier molecular flexibility index (Phi) is 50.0. The van der Waals surface area contributed by atoms with Crippen molar-refractivity contribution >= 4 is 25.7 Å². The van der Waals surface area contributed by atoms with Crippen LogP contribution in [0.5, 0.6) is 0 Å².